The molecule has 0 N–H and O–H groups in total. The maximum Gasteiger partial charge on any atom is 0.306 e. The van der Waals surface area contributed by atoms with Crippen molar-refractivity contribution in [3.05, 3.63) is 0 Å². The molecular weight excluding hydrogens is 709 g/mol. The van der Waals surface area contributed by atoms with E-state index in [4.69, 9.17) is 14.2 Å². The smallest absolute Gasteiger partial charge is 0.306 e. The molecule has 0 fully saturated rings. The lowest BCUT2D eigenvalue weighted by Gasteiger charge is -2.18. The molecule has 0 bridgehead atoms. The largest absolute Gasteiger partial charge is 0.462 e. The number of carbonyl (C=O) groups is 3. The van der Waals surface area contributed by atoms with Gasteiger partial charge in [0.15, 0.2) is 6.10 Å². The fourth-order valence-corrected chi connectivity index (χ4v) is 7.64. The molecule has 0 saturated heterocycles. The molecule has 0 amide bonds. The minimum Gasteiger partial charge on any atom is -0.462 e. The van der Waals surface area contributed by atoms with Crippen LogP contribution in [0.1, 0.15) is 279 Å². The van der Waals surface area contributed by atoms with Crippen LogP contribution in [0.4, 0.5) is 0 Å². The first-order valence-corrected chi connectivity index (χ1v) is 25.2. The molecule has 338 valence electrons. The van der Waals surface area contributed by atoms with E-state index in [1.165, 1.54) is 167 Å². The topological polar surface area (TPSA) is 78.9 Å². The lowest BCUT2D eigenvalue weighted by atomic mass is 10.0. The SMILES string of the molecule is CCCCCCCCCCCCCCCCCCC(=O)OC[C@@H](COC(=O)CCCCCCCCC(C)C)OC(=O)CCCCCCCCCCCCCC(C)C. The zero-order valence-corrected chi connectivity index (χ0v) is 39.0. The predicted octanol–water partition coefficient (Wildman–Crippen LogP) is 16.1. The standard InChI is InChI=1S/C51H98O6/c1-6-7-8-9-10-11-12-13-14-15-16-19-22-25-31-36-41-49(52)55-44-48(45-56-50(53)42-37-32-28-27-30-35-40-47(4)5)57-51(54)43-38-33-26-23-20-17-18-21-24-29-34-39-46(2)3/h46-48H,6-45H2,1-5H3/t48-/m0/s1. The zero-order chi connectivity index (χ0) is 41.9. The first kappa shape index (κ1) is 55.4. The Bertz CT molecular complexity index is 870. The number of unbranched alkanes of at least 4 members (excludes halogenated alkanes) is 30. The van der Waals surface area contributed by atoms with Crippen LogP contribution in [-0.4, -0.2) is 37.2 Å². The summed E-state index contributed by atoms with van der Waals surface area (Å²) in [6, 6.07) is 0. The Balaban J connectivity index is 4.27. The van der Waals surface area contributed by atoms with Gasteiger partial charge in [-0.15, -0.1) is 0 Å². The summed E-state index contributed by atoms with van der Waals surface area (Å²) in [6.45, 7) is 11.3. The molecule has 6 nitrogen and oxygen atoms in total. The quantitative estimate of drug-likeness (QED) is 0.0346. The molecule has 6 heteroatoms. The molecule has 0 rings (SSSR count). The van der Waals surface area contributed by atoms with Gasteiger partial charge in [-0.1, -0.05) is 240 Å². The Morgan fingerprint density at radius 1 is 0.333 bits per heavy atom. The van der Waals surface area contributed by atoms with Crippen molar-refractivity contribution in [3.63, 3.8) is 0 Å². The highest BCUT2D eigenvalue weighted by molar-refractivity contribution is 5.71. The van der Waals surface area contributed by atoms with E-state index in [2.05, 4.69) is 34.6 Å². The van der Waals surface area contributed by atoms with Gasteiger partial charge in [0.2, 0.25) is 0 Å². The van der Waals surface area contributed by atoms with Gasteiger partial charge < -0.3 is 14.2 Å². The van der Waals surface area contributed by atoms with E-state index in [0.717, 1.165) is 69.6 Å². The Morgan fingerprint density at radius 2 is 0.579 bits per heavy atom. The van der Waals surface area contributed by atoms with E-state index in [9.17, 15) is 14.4 Å². The summed E-state index contributed by atoms with van der Waals surface area (Å²) < 4.78 is 16.8. The van der Waals surface area contributed by atoms with E-state index in [1.54, 1.807) is 0 Å². The predicted molar refractivity (Wildman–Crippen MR) is 243 cm³/mol. The number of ether oxygens (including phenoxy) is 3. The molecule has 0 heterocycles. The molecule has 0 aliphatic rings. The second-order valence-corrected chi connectivity index (χ2v) is 18.4. The fourth-order valence-electron chi connectivity index (χ4n) is 7.64. The molecule has 0 radical (unpaired) electrons. The van der Waals surface area contributed by atoms with Crippen molar-refractivity contribution in [1.29, 1.82) is 0 Å². The lowest BCUT2D eigenvalue weighted by molar-refractivity contribution is -0.167. The van der Waals surface area contributed by atoms with Crippen LogP contribution in [0.3, 0.4) is 0 Å². The van der Waals surface area contributed by atoms with Crippen molar-refractivity contribution in [2.75, 3.05) is 13.2 Å². The summed E-state index contributed by atoms with van der Waals surface area (Å²) >= 11 is 0. The van der Waals surface area contributed by atoms with Crippen LogP contribution in [0.25, 0.3) is 0 Å². The van der Waals surface area contributed by atoms with E-state index in [0.29, 0.717) is 19.3 Å². The lowest BCUT2D eigenvalue weighted by Crippen LogP contribution is -2.30. The Hall–Kier alpha value is -1.59. The van der Waals surface area contributed by atoms with E-state index in [-0.39, 0.29) is 31.1 Å². The van der Waals surface area contributed by atoms with Crippen LogP contribution in [0, 0.1) is 11.8 Å². The normalized spacial score (nSPS) is 12.1. The van der Waals surface area contributed by atoms with Crippen LogP contribution < -0.4 is 0 Å². The van der Waals surface area contributed by atoms with Crippen LogP contribution in [-0.2, 0) is 28.6 Å². The molecule has 0 aromatic rings. The average Bonchev–Trinajstić information content (AvgIpc) is 3.18. The van der Waals surface area contributed by atoms with Gasteiger partial charge in [-0.3, -0.25) is 14.4 Å². The molecular formula is C51H98O6. The first-order valence-electron chi connectivity index (χ1n) is 25.2. The minimum absolute atomic E-state index is 0.0647. The second-order valence-electron chi connectivity index (χ2n) is 18.4. The van der Waals surface area contributed by atoms with Gasteiger partial charge in [-0.05, 0) is 31.1 Å². The summed E-state index contributed by atoms with van der Waals surface area (Å²) in [6.07, 6.45) is 43.9. The Kier molecular flexibility index (Phi) is 42.7. The summed E-state index contributed by atoms with van der Waals surface area (Å²) in [4.78, 5) is 37.8. The van der Waals surface area contributed by atoms with Gasteiger partial charge in [-0.2, -0.15) is 0 Å². The molecule has 57 heavy (non-hydrogen) atoms. The van der Waals surface area contributed by atoms with Crippen molar-refractivity contribution in [1.82, 2.24) is 0 Å². The van der Waals surface area contributed by atoms with Crippen molar-refractivity contribution in [2.24, 2.45) is 11.8 Å². The van der Waals surface area contributed by atoms with Crippen molar-refractivity contribution in [2.45, 2.75) is 285 Å². The summed E-state index contributed by atoms with van der Waals surface area (Å²) in [5, 5.41) is 0. The van der Waals surface area contributed by atoms with Gasteiger partial charge >= 0.3 is 17.9 Å². The number of esters is 3. The summed E-state index contributed by atoms with van der Waals surface area (Å²) in [5.41, 5.74) is 0. The molecule has 0 aromatic carbocycles. The third kappa shape index (κ3) is 45.3. The second kappa shape index (κ2) is 44.0. The molecule has 1 atom stereocenters. The number of rotatable bonds is 45. The van der Waals surface area contributed by atoms with E-state index >= 15 is 0 Å². The van der Waals surface area contributed by atoms with Gasteiger partial charge in [0.1, 0.15) is 13.2 Å². The molecule has 0 unspecified atom stereocenters. The Labute approximate surface area is 355 Å². The average molecular weight is 807 g/mol. The maximum absolute atomic E-state index is 12.8. The Morgan fingerprint density at radius 3 is 0.860 bits per heavy atom. The third-order valence-electron chi connectivity index (χ3n) is 11.5. The molecule has 0 aromatic heterocycles. The molecule has 0 spiro atoms. The van der Waals surface area contributed by atoms with Crippen LogP contribution in [0.5, 0.6) is 0 Å². The van der Waals surface area contributed by atoms with Crippen LogP contribution in [0.2, 0.25) is 0 Å². The fraction of sp³-hybridized carbons (Fsp3) is 0.941. The number of hydrogen-bond acceptors (Lipinski definition) is 6. The summed E-state index contributed by atoms with van der Waals surface area (Å²) in [7, 11) is 0. The highest BCUT2D eigenvalue weighted by Gasteiger charge is 2.19. The molecule has 0 saturated carbocycles. The maximum atomic E-state index is 12.8. The van der Waals surface area contributed by atoms with Crippen LogP contribution >= 0.6 is 0 Å². The molecule has 0 aliphatic carbocycles. The van der Waals surface area contributed by atoms with Crippen LogP contribution in [0.15, 0.2) is 0 Å². The third-order valence-corrected chi connectivity index (χ3v) is 11.5. The van der Waals surface area contributed by atoms with Gasteiger partial charge in [-0.25, -0.2) is 0 Å². The van der Waals surface area contributed by atoms with Crippen molar-refractivity contribution in [3.8, 4) is 0 Å². The van der Waals surface area contributed by atoms with Gasteiger partial charge in [0, 0.05) is 19.3 Å². The highest BCUT2D eigenvalue weighted by Crippen LogP contribution is 2.17. The monoisotopic (exact) mass is 807 g/mol. The minimum atomic E-state index is -0.762. The van der Waals surface area contributed by atoms with Gasteiger partial charge in [0.05, 0.1) is 0 Å². The van der Waals surface area contributed by atoms with Crippen molar-refractivity contribution < 1.29 is 28.6 Å². The van der Waals surface area contributed by atoms with Gasteiger partial charge in [0.25, 0.3) is 0 Å². The van der Waals surface area contributed by atoms with Crippen molar-refractivity contribution >= 4 is 17.9 Å². The summed E-state index contributed by atoms with van der Waals surface area (Å²) in [5.74, 6) is 0.733. The van der Waals surface area contributed by atoms with E-state index < -0.39 is 6.10 Å². The highest BCUT2D eigenvalue weighted by atomic mass is 16.6. The van der Waals surface area contributed by atoms with E-state index in [1.807, 2.05) is 0 Å². The zero-order valence-electron chi connectivity index (χ0n) is 39.0. The molecule has 0 aliphatic heterocycles. The first-order chi connectivity index (χ1) is 27.7. The number of carbonyl (C=O) groups excluding carboxylic acids is 3. The number of hydrogen-bond donors (Lipinski definition) is 0.